The normalized spacial score (nSPS) is 37.2. The zero-order valence-corrected chi connectivity index (χ0v) is 11.4. The summed E-state index contributed by atoms with van der Waals surface area (Å²) in [5, 5.41) is 12.3. The van der Waals surface area contributed by atoms with Crippen molar-refractivity contribution < 1.29 is 14.7 Å². The number of piperidine rings is 1. The van der Waals surface area contributed by atoms with Gasteiger partial charge in [-0.25, -0.2) is 0 Å². The fraction of sp³-hybridized carbons (Fsp3) is 0.857. The van der Waals surface area contributed by atoms with Gasteiger partial charge in [0.05, 0.1) is 0 Å². The van der Waals surface area contributed by atoms with Gasteiger partial charge >= 0.3 is 5.97 Å². The van der Waals surface area contributed by atoms with Crippen molar-refractivity contribution in [2.24, 2.45) is 23.2 Å². The lowest BCUT2D eigenvalue weighted by molar-refractivity contribution is -0.150. The van der Waals surface area contributed by atoms with Crippen molar-refractivity contribution in [3.05, 3.63) is 0 Å². The van der Waals surface area contributed by atoms with Gasteiger partial charge in [0.25, 0.3) is 0 Å². The summed E-state index contributed by atoms with van der Waals surface area (Å²) in [4.78, 5) is 23.3. The van der Waals surface area contributed by atoms with E-state index < -0.39 is 11.9 Å². The molecule has 2 fully saturated rings. The Morgan fingerprint density at radius 1 is 1.33 bits per heavy atom. The lowest BCUT2D eigenvalue weighted by Gasteiger charge is -2.44. The number of carbonyl (C=O) groups excluding carboxylic acids is 1. The van der Waals surface area contributed by atoms with Crippen LogP contribution >= 0.6 is 0 Å². The smallest absolute Gasteiger partial charge is 0.315 e. The first-order chi connectivity index (χ1) is 8.30. The maximum Gasteiger partial charge on any atom is 0.315 e. The highest BCUT2D eigenvalue weighted by Crippen LogP contribution is 2.42. The molecule has 4 atom stereocenters. The van der Waals surface area contributed by atoms with E-state index in [9.17, 15) is 9.59 Å². The summed E-state index contributed by atoms with van der Waals surface area (Å²) >= 11 is 0. The van der Waals surface area contributed by atoms with Crippen molar-refractivity contribution >= 4 is 11.8 Å². The third-order valence-corrected chi connectivity index (χ3v) is 4.67. The molecule has 4 heteroatoms. The molecular formula is C14H23NO3. The van der Waals surface area contributed by atoms with Gasteiger partial charge in [0.2, 0.25) is 0 Å². The van der Waals surface area contributed by atoms with Crippen LogP contribution in [0.1, 0.15) is 40.0 Å². The third-order valence-electron chi connectivity index (χ3n) is 4.67. The SMILES string of the molecule is CC(C)(C)C1CCC2NCC(C(=O)O)C(=O)C2C1. The molecule has 2 N–H and O–H groups in total. The molecular weight excluding hydrogens is 230 g/mol. The molecule has 1 saturated carbocycles. The van der Waals surface area contributed by atoms with Crippen molar-refractivity contribution in [1.29, 1.82) is 0 Å². The Morgan fingerprint density at radius 2 is 2.00 bits per heavy atom. The molecule has 0 radical (unpaired) electrons. The monoisotopic (exact) mass is 253 g/mol. The molecule has 2 rings (SSSR count). The molecule has 1 heterocycles. The molecule has 18 heavy (non-hydrogen) atoms. The first kappa shape index (κ1) is 13.5. The number of fused-ring (bicyclic) bond motifs is 1. The lowest BCUT2D eigenvalue weighted by Crippen LogP contribution is -2.56. The van der Waals surface area contributed by atoms with Crippen molar-refractivity contribution in [2.45, 2.75) is 46.1 Å². The maximum absolute atomic E-state index is 12.3. The first-order valence-electron chi connectivity index (χ1n) is 6.80. The fourth-order valence-corrected chi connectivity index (χ4v) is 3.35. The van der Waals surface area contributed by atoms with Gasteiger partial charge in [-0.2, -0.15) is 0 Å². The van der Waals surface area contributed by atoms with E-state index in [-0.39, 0.29) is 23.2 Å². The number of carbonyl (C=O) groups is 2. The van der Waals surface area contributed by atoms with Gasteiger partial charge in [-0.1, -0.05) is 20.8 Å². The minimum absolute atomic E-state index is 0.0554. The number of hydrogen-bond acceptors (Lipinski definition) is 3. The Balaban J connectivity index is 2.12. The van der Waals surface area contributed by atoms with Gasteiger partial charge in [0.1, 0.15) is 5.92 Å². The molecule has 1 aliphatic carbocycles. The second-order valence-corrected chi connectivity index (χ2v) is 6.79. The summed E-state index contributed by atoms with van der Waals surface area (Å²) in [6.07, 6.45) is 2.96. The number of carboxylic acids is 1. The van der Waals surface area contributed by atoms with E-state index in [0.717, 1.165) is 19.3 Å². The first-order valence-corrected chi connectivity index (χ1v) is 6.80. The standard InChI is InChI=1S/C14H23NO3/c1-14(2,3)8-4-5-11-9(6-8)12(16)10(7-15-11)13(17)18/h8-11,15H,4-7H2,1-3H3,(H,17,18). The molecule has 0 bridgehead atoms. The van der Waals surface area contributed by atoms with E-state index in [2.05, 4.69) is 26.1 Å². The van der Waals surface area contributed by atoms with E-state index in [4.69, 9.17) is 5.11 Å². The van der Waals surface area contributed by atoms with Crippen LogP contribution in [0, 0.1) is 23.2 Å². The predicted molar refractivity (Wildman–Crippen MR) is 68.2 cm³/mol. The summed E-state index contributed by atoms with van der Waals surface area (Å²) < 4.78 is 0. The van der Waals surface area contributed by atoms with Gasteiger partial charge in [-0.15, -0.1) is 0 Å². The van der Waals surface area contributed by atoms with Crippen molar-refractivity contribution in [1.82, 2.24) is 5.32 Å². The van der Waals surface area contributed by atoms with Gasteiger partial charge in [0, 0.05) is 18.5 Å². The topological polar surface area (TPSA) is 66.4 Å². The second kappa shape index (κ2) is 4.65. The molecule has 1 aliphatic heterocycles. The van der Waals surface area contributed by atoms with E-state index in [1.165, 1.54) is 0 Å². The molecule has 4 unspecified atom stereocenters. The van der Waals surface area contributed by atoms with Crippen LogP contribution in [0.15, 0.2) is 0 Å². The van der Waals surface area contributed by atoms with E-state index in [1.54, 1.807) is 0 Å². The zero-order valence-electron chi connectivity index (χ0n) is 11.4. The molecule has 102 valence electrons. The Labute approximate surface area is 108 Å². The number of carboxylic acid groups (broad SMARTS) is 1. The highest BCUT2D eigenvalue weighted by molar-refractivity contribution is 6.00. The average molecular weight is 253 g/mol. The summed E-state index contributed by atoms with van der Waals surface area (Å²) in [6, 6.07) is 0.201. The summed E-state index contributed by atoms with van der Waals surface area (Å²) in [7, 11) is 0. The molecule has 0 aromatic carbocycles. The van der Waals surface area contributed by atoms with Gasteiger partial charge in [-0.05, 0) is 30.6 Å². The number of nitrogens with one attached hydrogen (secondary N) is 1. The fourth-order valence-electron chi connectivity index (χ4n) is 3.35. The van der Waals surface area contributed by atoms with Crippen LogP contribution in [0.3, 0.4) is 0 Å². The number of rotatable bonds is 1. The number of aliphatic carboxylic acids is 1. The lowest BCUT2D eigenvalue weighted by atomic mass is 9.64. The van der Waals surface area contributed by atoms with Gasteiger partial charge < -0.3 is 10.4 Å². The van der Waals surface area contributed by atoms with Gasteiger partial charge in [-0.3, -0.25) is 9.59 Å². The molecule has 2 aliphatic rings. The largest absolute Gasteiger partial charge is 0.481 e. The average Bonchev–Trinajstić information content (AvgIpc) is 2.27. The quantitative estimate of drug-likeness (QED) is 0.698. The van der Waals surface area contributed by atoms with Crippen LogP contribution in [-0.4, -0.2) is 29.4 Å². The van der Waals surface area contributed by atoms with Crippen LogP contribution in [0.25, 0.3) is 0 Å². The summed E-state index contributed by atoms with van der Waals surface area (Å²) in [5.74, 6) is -1.47. The van der Waals surface area contributed by atoms with Crippen LogP contribution < -0.4 is 5.32 Å². The van der Waals surface area contributed by atoms with E-state index >= 15 is 0 Å². The van der Waals surface area contributed by atoms with Crippen molar-refractivity contribution in [3.8, 4) is 0 Å². The van der Waals surface area contributed by atoms with Crippen LogP contribution in [0.5, 0.6) is 0 Å². The van der Waals surface area contributed by atoms with E-state index in [0.29, 0.717) is 12.5 Å². The molecule has 0 amide bonds. The summed E-state index contributed by atoms with van der Waals surface area (Å²) in [5.41, 5.74) is 0.196. The number of Topliss-reactive ketones (excluding diaryl/α,β-unsaturated/α-hetero) is 1. The molecule has 4 nitrogen and oxygen atoms in total. The third kappa shape index (κ3) is 2.44. The second-order valence-electron chi connectivity index (χ2n) is 6.79. The number of ketones is 1. The van der Waals surface area contributed by atoms with Gasteiger partial charge in [0.15, 0.2) is 5.78 Å². The summed E-state index contributed by atoms with van der Waals surface area (Å²) in [6.45, 7) is 6.91. The Kier molecular flexibility index (Phi) is 3.49. The highest BCUT2D eigenvalue weighted by atomic mass is 16.4. The maximum atomic E-state index is 12.3. The minimum atomic E-state index is -0.983. The van der Waals surface area contributed by atoms with Crippen LogP contribution in [0.2, 0.25) is 0 Å². The molecule has 0 aromatic rings. The zero-order chi connectivity index (χ0) is 13.5. The highest BCUT2D eigenvalue weighted by Gasteiger charge is 2.45. The Bertz CT molecular complexity index is 359. The molecule has 0 spiro atoms. The van der Waals surface area contributed by atoms with Crippen molar-refractivity contribution in [2.75, 3.05) is 6.54 Å². The molecule has 1 saturated heterocycles. The molecule has 0 aromatic heterocycles. The predicted octanol–water partition coefficient (Wildman–Crippen LogP) is 1.69. The Morgan fingerprint density at radius 3 is 2.56 bits per heavy atom. The van der Waals surface area contributed by atoms with E-state index in [1.807, 2.05) is 0 Å². The Hall–Kier alpha value is -0.900. The van der Waals surface area contributed by atoms with Crippen LogP contribution in [0.4, 0.5) is 0 Å². The van der Waals surface area contributed by atoms with Crippen molar-refractivity contribution in [3.63, 3.8) is 0 Å². The van der Waals surface area contributed by atoms with Crippen LogP contribution in [-0.2, 0) is 9.59 Å². The number of hydrogen-bond donors (Lipinski definition) is 2. The minimum Gasteiger partial charge on any atom is -0.481 e.